The molecule has 2 heterocycles. The number of halogens is 1. The number of benzene rings is 1. The van der Waals surface area contributed by atoms with Crippen LogP contribution in [-0.4, -0.2) is 15.9 Å². The standard InChI is InChI=1S/C20H20BrN3O2/c1-13-7-9-16(26-13)12-22-24-19(14-5-3-2-4-6-14)23-18-10-8-15(21)11-17(18)20(24)25/h7-12,14H,2-6H2,1H3. The van der Waals surface area contributed by atoms with Crippen LogP contribution in [0.2, 0.25) is 0 Å². The molecule has 5 nitrogen and oxygen atoms in total. The highest BCUT2D eigenvalue weighted by molar-refractivity contribution is 9.10. The molecule has 0 saturated heterocycles. The van der Waals surface area contributed by atoms with Crippen LogP contribution >= 0.6 is 15.9 Å². The minimum Gasteiger partial charge on any atom is -0.460 e. The fraction of sp³-hybridized carbons (Fsp3) is 0.350. The van der Waals surface area contributed by atoms with Crippen molar-refractivity contribution < 1.29 is 4.42 Å². The fourth-order valence-electron chi connectivity index (χ4n) is 3.54. The van der Waals surface area contributed by atoms with Gasteiger partial charge in [-0.1, -0.05) is 35.2 Å². The Morgan fingerprint density at radius 1 is 1.23 bits per heavy atom. The summed E-state index contributed by atoms with van der Waals surface area (Å²) in [6, 6.07) is 9.32. The van der Waals surface area contributed by atoms with Gasteiger partial charge in [0.05, 0.1) is 17.1 Å². The monoisotopic (exact) mass is 413 g/mol. The molecule has 1 aromatic carbocycles. The van der Waals surface area contributed by atoms with Gasteiger partial charge in [-0.25, -0.2) is 4.98 Å². The van der Waals surface area contributed by atoms with E-state index in [1.54, 1.807) is 12.3 Å². The summed E-state index contributed by atoms with van der Waals surface area (Å²) in [4.78, 5) is 17.9. The number of hydrogen-bond donors (Lipinski definition) is 0. The molecule has 0 spiro atoms. The normalized spacial score (nSPS) is 15.9. The average molecular weight is 414 g/mol. The smallest absolute Gasteiger partial charge is 0.282 e. The molecule has 3 aromatic rings. The summed E-state index contributed by atoms with van der Waals surface area (Å²) in [5.41, 5.74) is 0.579. The summed E-state index contributed by atoms with van der Waals surface area (Å²) in [5.74, 6) is 2.45. The van der Waals surface area contributed by atoms with Crippen molar-refractivity contribution >= 4 is 33.0 Å². The molecular formula is C20H20BrN3O2. The Kier molecular flexibility index (Phi) is 4.76. The minimum absolute atomic E-state index is 0.142. The lowest BCUT2D eigenvalue weighted by Gasteiger charge is -2.22. The first-order chi connectivity index (χ1) is 12.6. The van der Waals surface area contributed by atoms with Gasteiger partial charge in [-0.2, -0.15) is 9.78 Å². The Morgan fingerprint density at radius 3 is 2.77 bits per heavy atom. The Bertz CT molecular complexity index is 1030. The molecule has 4 rings (SSSR count). The zero-order chi connectivity index (χ0) is 18.1. The molecular weight excluding hydrogens is 394 g/mol. The molecule has 0 N–H and O–H groups in total. The van der Waals surface area contributed by atoms with Crippen LogP contribution in [0.4, 0.5) is 0 Å². The van der Waals surface area contributed by atoms with Crippen LogP contribution in [-0.2, 0) is 0 Å². The van der Waals surface area contributed by atoms with Gasteiger partial charge in [0.1, 0.15) is 17.3 Å². The molecule has 26 heavy (non-hydrogen) atoms. The number of furan rings is 1. The van der Waals surface area contributed by atoms with Gasteiger partial charge >= 0.3 is 0 Å². The van der Waals surface area contributed by atoms with Gasteiger partial charge in [-0.05, 0) is 50.1 Å². The van der Waals surface area contributed by atoms with Crippen LogP contribution in [0.1, 0.15) is 55.4 Å². The lowest BCUT2D eigenvalue weighted by molar-refractivity contribution is 0.416. The number of aromatic nitrogens is 2. The Hall–Kier alpha value is -2.21. The van der Waals surface area contributed by atoms with Crippen LogP contribution in [0, 0.1) is 6.92 Å². The van der Waals surface area contributed by atoms with E-state index >= 15 is 0 Å². The van der Waals surface area contributed by atoms with Crippen LogP contribution in [0.25, 0.3) is 10.9 Å². The van der Waals surface area contributed by atoms with Crippen LogP contribution in [0.15, 0.2) is 49.1 Å². The fourth-order valence-corrected chi connectivity index (χ4v) is 3.90. The van der Waals surface area contributed by atoms with Crippen molar-refractivity contribution in [2.45, 2.75) is 44.9 Å². The topological polar surface area (TPSA) is 60.4 Å². The zero-order valence-electron chi connectivity index (χ0n) is 14.6. The maximum Gasteiger partial charge on any atom is 0.282 e. The first-order valence-corrected chi connectivity index (χ1v) is 9.74. The summed E-state index contributed by atoms with van der Waals surface area (Å²) in [7, 11) is 0. The van der Waals surface area contributed by atoms with Gasteiger partial charge in [-0.3, -0.25) is 4.79 Å². The van der Waals surface area contributed by atoms with Gasteiger partial charge in [0.25, 0.3) is 5.56 Å². The average Bonchev–Trinajstić information content (AvgIpc) is 3.07. The maximum absolute atomic E-state index is 13.1. The van der Waals surface area contributed by atoms with Crippen molar-refractivity contribution in [1.82, 2.24) is 9.66 Å². The van der Waals surface area contributed by atoms with Gasteiger partial charge in [-0.15, -0.1) is 0 Å². The molecule has 0 radical (unpaired) electrons. The van der Waals surface area contributed by atoms with Gasteiger partial charge in [0.15, 0.2) is 0 Å². The van der Waals surface area contributed by atoms with E-state index in [2.05, 4.69) is 21.0 Å². The molecule has 0 amide bonds. The van der Waals surface area contributed by atoms with E-state index in [9.17, 15) is 4.79 Å². The summed E-state index contributed by atoms with van der Waals surface area (Å²) >= 11 is 3.44. The van der Waals surface area contributed by atoms with E-state index in [1.807, 2.05) is 31.2 Å². The second kappa shape index (κ2) is 7.19. The number of nitrogens with zero attached hydrogens (tertiary/aromatic N) is 3. The number of fused-ring (bicyclic) bond motifs is 1. The van der Waals surface area contributed by atoms with Crippen molar-refractivity contribution in [1.29, 1.82) is 0 Å². The zero-order valence-corrected chi connectivity index (χ0v) is 16.2. The third-order valence-electron chi connectivity index (χ3n) is 4.87. The van der Waals surface area contributed by atoms with E-state index in [0.29, 0.717) is 11.1 Å². The molecule has 0 unspecified atom stereocenters. The lowest BCUT2D eigenvalue weighted by atomic mass is 9.88. The van der Waals surface area contributed by atoms with Gasteiger partial charge in [0.2, 0.25) is 0 Å². The maximum atomic E-state index is 13.1. The number of hydrogen-bond acceptors (Lipinski definition) is 4. The van der Waals surface area contributed by atoms with Crippen molar-refractivity contribution in [3.63, 3.8) is 0 Å². The molecule has 1 saturated carbocycles. The summed E-state index contributed by atoms with van der Waals surface area (Å²) in [5, 5.41) is 5.01. The molecule has 134 valence electrons. The highest BCUT2D eigenvalue weighted by atomic mass is 79.9. The van der Waals surface area contributed by atoms with E-state index in [-0.39, 0.29) is 11.5 Å². The van der Waals surface area contributed by atoms with E-state index in [0.717, 1.165) is 34.4 Å². The van der Waals surface area contributed by atoms with Crippen molar-refractivity contribution in [2.24, 2.45) is 5.10 Å². The van der Waals surface area contributed by atoms with Crippen LogP contribution in [0.5, 0.6) is 0 Å². The second-order valence-corrected chi connectivity index (χ2v) is 7.69. The molecule has 0 bridgehead atoms. The SMILES string of the molecule is Cc1ccc(C=Nn2c(C3CCCCC3)nc3ccc(Br)cc3c2=O)o1. The van der Waals surface area contributed by atoms with E-state index in [1.165, 1.54) is 23.9 Å². The molecule has 1 aliphatic rings. The molecule has 2 aromatic heterocycles. The minimum atomic E-state index is -0.142. The predicted octanol–water partition coefficient (Wildman–Crippen LogP) is 4.99. The Labute approximate surface area is 159 Å². The molecule has 6 heteroatoms. The van der Waals surface area contributed by atoms with E-state index < -0.39 is 0 Å². The summed E-state index contributed by atoms with van der Waals surface area (Å²) < 4.78 is 7.86. The first kappa shape index (κ1) is 17.2. The Morgan fingerprint density at radius 2 is 2.04 bits per heavy atom. The van der Waals surface area contributed by atoms with Crippen molar-refractivity contribution in [3.05, 3.63) is 62.5 Å². The highest BCUT2D eigenvalue weighted by Gasteiger charge is 2.22. The molecule has 0 atom stereocenters. The van der Waals surface area contributed by atoms with Gasteiger partial charge in [0, 0.05) is 10.4 Å². The highest BCUT2D eigenvalue weighted by Crippen LogP contribution is 2.32. The molecule has 1 aliphatic carbocycles. The number of aryl methyl sites for hydroxylation is 1. The van der Waals surface area contributed by atoms with Crippen molar-refractivity contribution in [2.75, 3.05) is 0 Å². The molecule has 0 aliphatic heterocycles. The lowest BCUT2D eigenvalue weighted by Crippen LogP contribution is -2.25. The predicted molar refractivity (Wildman–Crippen MR) is 106 cm³/mol. The van der Waals surface area contributed by atoms with Gasteiger partial charge < -0.3 is 4.42 Å². The van der Waals surface area contributed by atoms with Crippen LogP contribution < -0.4 is 5.56 Å². The third kappa shape index (κ3) is 3.38. The largest absolute Gasteiger partial charge is 0.460 e. The third-order valence-corrected chi connectivity index (χ3v) is 5.36. The van der Waals surface area contributed by atoms with Crippen LogP contribution in [0.3, 0.4) is 0 Å². The summed E-state index contributed by atoms with van der Waals surface area (Å²) in [6.07, 6.45) is 7.26. The Balaban J connectivity index is 1.87. The quantitative estimate of drug-likeness (QED) is 0.568. The summed E-state index contributed by atoms with van der Waals surface area (Å²) in [6.45, 7) is 1.88. The molecule has 1 fully saturated rings. The second-order valence-electron chi connectivity index (χ2n) is 6.78. The van der Waals surface area contributed by atoms with E-state index in [4.69, 9.17) is 9.40 Å². The first-order valence-electron chi connectivity index (χ1n) is 8.95. The van der Waals surface area contributed by atoms with Crippen molar-refractivity contribution in [3.8, 4) is 0 Å². The number of rotatable bonds is 3.